The van der Waals surface area contributed by atoms with Gasteiger partial charge >= 0.3 is 0 Å². The van der Waals surface area contributed by atoms with E-state index in [-0.39, 0.29) is 0 Å². The highest BCUT2D eigenvalue weighted by Gasteiger charge is 1.99. The van der Waals surface area contributed by atoms with Crippen LogP contribution in [0, 0.1) is 0 Å². The fraction of sp³-hybridized carbons (Fsp3) is 0.200. The topological polar surface area (TPSA) is 21.3 Å². The molecule has 0 atom stereocenters. The van der Waals surface area contributed by atoms with Crippen LogP contribution in [0.3, 0.4) is 0 Å². The van der Waals surface area contributed by atoms with Crippen molar-refractivity contribution >= 4 is 21.6 Å². The zero-order valence-corrected chi connectivity index (χ0v) is 11.9. The fourth-order valence-corrected chi connectivity index (χ4v) is 2.13. The molecule has 2 aromatic carbocycles. The normalized spacial score (nSPS) is 10.1. The summed E-state index contributed by atoms with van der Waals surface area (Å²) < 4.78 is 6.60. The van der Waals surface area contributed by atoms with Crippen LogP contribution in [0.5, 0.6) is 5.75 Å². The average Bonchev–Trinajstić information content (AvgIpc) is 2.39. The van der Waals surface area contributed by atoms with Crippen molar-refractivity contribution in [1.82, 2.24) is 0 Å². The van der Waals surface area contributed by atoms with Gasteiger partial charge in [0.05, 0.1) is 6.61 Å². The first-order valence-electron chi connectivity index (χ1n) is 5.99. The van der Waals surface area contributed by atoms with Gasteiger partial charge in [-0.25, -0.2) is 0 Å². The van der Waals surface area contributed by atoms with E-state index in [1.807, 2.05) is 49.4 Å². The van der Waals surface area contributed by atoms with Crippen molar-refractivity contribution in [3.63, 3.8) is 0 Å². The van der Waals surface area contributed by atoms with Crippen molar-refractivity contribution in [2.24, 2.45) is 0 Å². The van der Waals surface area contributed by atoms with Crippen molar-refractivity contribution in [1.29, 1.82) is 0 Å². The van der Waals surface area contributed by atoms with Crippen LogP contribution in [-0.2, 0) is 6.54 Å². The first-order chi connectivity index (χ1) is 8.79. The molecule has 0 saturated carbocycles. The highest BCUT2D eigenvalue weighted by molar-refractivity contribution is 9.10. The van der Waals surface area contributed by atoms with Crippen LogP contribution in [0.15, 0.2) is 53.0 Å². The zero-order chi connectivity index (χ0) is 12.8. The molecule has 94 valence electrons. The maximum atomic E-state index is 5.47. The number of nitrogens with one attached hydrogen (secondary N) is 1. The summed E-state index contributed by atoms with van der Waals surface area (Å²) in [4.78, 5) is 0. The molecule has 0 unspecified atom stereocenters. The van der Waals surface area contributed by atoms with E-state index < -0.39 is 0 Å². The molecule has 0 bridgehead atoms. The molecular weight excluding hydrogens is 290 g/mol. The van der Waals surface area contributed by atoms with Crippen LogP contribution in [0.25, 0.3) is 0 Å². The number of halogens is 1. The molecule has 2 aromatic rings. The summed E-state index contributed by atoms with van der Waals surface area (Å²) in [5, 5.41) is 3.39. The molecule has 0 aliphatic heterocycles. The number of hydrogen-bond acceptors (Lipinski definition) is 2. The van der Waals surface area contributed by atoms with Gasteiger partial charge in [0.15, 0.2) is 0 Å². The molecular formula is C15H16BrNO. The van der Waals surface area contributed by atoms with Crippen LogP contribution < -0.4 is 10.1 Å². The Hall–Kier alpha value is -1.48. The Balaban J connectivity index is 2.02. The van der Waals surface area contributed by atoms with Gasteiger partial charge in [-0.1, -0.05) is 40.2 Å². The Morgan fingerprint density at radius 2 is 1.94 bits per heavy atom. The number of benzene rings is 2. The Labute approximate surface area is 116 Å². The van der Waals surface area contributed by atoms with Gasteiger partial charge in [-0.3, -0.25) is 0 Å². The molecule has 2 nitrogen and oxygen atoms in total. The van der Waals surface area contributed by atoms with Gasteiger partial charge in [0, 0.05) is 22.8 Å². The molecule has 0 aromatic heterocycles. The Kier molecular flexibility index (Phi) is 4.65. The first-order valence-corrected chi connectivity index (χ1v) is 6.79. The second-order valence-corrected chi connectivity index (χ2v) is 4.76. The Morgan fingerprint density at radius 1 is 1.11 bits per heavy atom. The van der Waals surface area contributed by atoms with Crippen LogP contribution in [-0.4, -0.2) is 6.61 Å². The third-order valence-electron chi connectivity index (χ3n) is 2.59. The standard InChI is InChI=1S/C15H16BrNO/c1-2-18-14-8-5-7-13(10-14)17-11-12-6-3-4-9-15(12)16/h3-10,17H,2,11H2,1H3. The lowest BCUT2D eigenvalue weighted by Gasteiger charge is -2.10. The molecule has 18 heavy (non-hydrogen) atoms. The zero-order valence-electron chi connectivity index (χ0n) is 10.3. The van der Waals surface area contributed by atoms with Crippen molar-refractivity contribution < 1.29 is 4.74 Å². The molecule has 0 aliphatic carbocycles. The Morgan fingerprint density at radius 3 is 2.72 bits per heavy atom. The largest absolute Gasteiger partial charge is 0.494 e. The molecule has 0 spiro atoms. The molecule has 0 amide bonds. The summed E-state index contributed by atoms with van der Waals surface area (Å²) in [7, 11) is 0. The van der Waals surface area contributed by atoms with Crippen LogP contribution in [0.2, 0.25) is 0 Å². The van der Waals surface area contributed by atoms with Gasteiger partial charge in [-0.05, 0) is 30.7 Å². The maximum absolute atomic E-state index is 5.47. The molecule has 0 radical (unpaired) electrons. The molecule has 2 rings (SSSR count). The first kappa shape index (κ1) is 13.0. The van der Waals surface area contributed by atoms with Crippen LogP contribution in [0.4, 0.5) is 5.69 Å². The molecule has 0 saturated heterocycles. The van der Waals surface area contributed by atoms with Gasteiger partial charge in [-0.15, -0.1) is 0 Å². The molecule has 0 heterocycles. The van der Waals surface area contributed by atoms with Crippen molar-refractivity contribution in [3.05, 3.63) is 58.6 Å². The third-order valence-corrected chi connectivity index (χ3v) is 3.36. The second-order valence-electron chi connectivity index (χ2n) is 3.91. The maximum Gasteiger partial charge on any atom is 0.121 e. The number of hydrogen-bond donors (Lipinski definition) is 1. The third kappa shape index (κ3) is 3.50. The van der Waals surface area contributed by atoms with E-state index in [0.29, 0.717) is 6.61 Å². The van der Waals surface area contributed by atoms with E-state index in [0.717, 1.165) is 22.5 Å². The number of anilines is 1. The van der Waals surface area contributed by atoms with E-state index in [2.05, 4.69) is 27.3 Å². The summed E-state index contributed by atoms with van der Waals surface area (Å²) in [6, 6.07) is 16.2. The molecule has 0 aliphatic rings. The SMILES string of the molecule is CCOc1cccc(NCc2ccccc2Br)c1. The van der Waals surface area contributed by atoms with E-state index in [4.69, 9.17) is 4.74 Å². The quantitative estimate of drug-likeness (QED) is 0.880. The summed E-state index contributed by atoms with van der Waals surface area (Å²) >= 11 is 3.54. The molecule has 1 N–H and O–H groups in total. The highest BCUT2D eigenvalue weighted by Crippen LogP contribution is 2.20. The van der Waals surface area contributed by atoms with E-state index in [9.17, 15) is 0 Å². The van der Waals surface area contributed by atoms with E-state index in [1.54, 1.807) is 0 Å². The van der Waals surface area contributed by atoms with Gasteiger partial charge in [-0.2, -0.15) is 0 Å². The monoisotopic (exact) mass is 305 g/mol. The van der Waals surface area contributed by atoms with Gasteiger partial charge in [0.1, 0.15) is 5.75 Å². The van der Waals surface area contributed by atoms with Crippen LogP contribution in [0.1, 0.15) is 12.5 Å². The van der Waals surface area contributed by atoms with Gasteiger partial charge < -0.3 is 10.1 Å². The van der Waals surface area contributed by atoms with E-state index in [1.165, 1.54) is 5.56 Å². The minimum absolute atomic E-state index is 0.688. The van der Waals surface area contributed by atoms with E-state index >= 15 is 0 Å². The van der Waals surface area contributed by atoms with Crippen LogP contribution >= 0.6 is 15.9 Å². The minimum Gasteiger partial charge on any atom is -0.494 e. The lowest BCUT2D eigenvalue weighted by atomic mass is 10.2. The van der Waals surface area contributed by atoms with Crippen molar-refractivity contribution in [2.75, 3.05) is 11.9 Å². The fourth-order valence-electron chi connectivity index (χ4n) is 1.70. The average molecular weight is 306 g/mol. The van der Waals surface area contributed by atoms with Crippen molar-refractivity contribution in [3.8, 4) is 5.75 Å². The Bertz CT molecular complexity index is 513. The molecule has 0 fully saturated rings. The second kappa shape index (κ2) is 6.45. The highest BCUT2D eigenvalue weighted by atomic mass is 79.9. The summed E-state index contributed by atoms with van der Waals surface area (Å²) in [6.45, 7) is 3.46. The number of rotatable bonds is 5. The predicted molar refractivity (Wildman–Crippen MR) is 79.1 cm³/mol. The summed E-state index contributed by atoms with van der Waals surface area (Å²) in [5.41, 5.74) is 2.30. The smallest absolute Gasteiger partial charge is 0.121 e. The summed E-state index contributed by atoms with van der Waals surface area (Å²) in [6.07, 6.45) is 0. The summed E-state index contributed by atoms with van der Waals surface area (Å²) in [5.74, 6) is 0.898. The van der Waals surface area contributed by atoms with Crippen molar-refractivity contribution in [2.45, 2.75) is 13.5 Å². The molecule has 3 heteroatoms. The predicted octanol–water partition coefficient (Wildman–Crippen LogP) is 4.46. The number of ether oxygens (including phenoxy) is 1. The van der Waals surface area contributed by atoms with Gasteiger partial charge in [0.2, 0.25) is 0 Å². The lowest BCUT2D eigenvalue weighted by molar-refractivity contribution is 0.340. The lowest BCUT2D eigenvalue weighted by Crippen LogP contribution is -2.00. The van der Waals surface area contributed by atoms with Gasteiger partial charge in [0.25, 0.3) is 0 Å². The minimum atomic E-state index is 0.688.